The molecule has 0 saturated carbocycles. The van der Waals surface area contributed by atoms with E-state index < -0.39 is 0 Å². The first kappa shape index (κ1) is 14.5. The summed E-state index contributed by atoms with van der Waals surface area (Å²) in [5.41, 5.74) is 6.80. The molecule has 2 amide bonds. The predicted octanol–water partition coefficient (Wildman–Crippen LogP) is 2.36. The Hall–Kier alpha value is -2.40. The molecular formula is C17H18N2O3. The molecule has 1 aromatic carbocycles. The summed E-state index contributed by atoms with van der Waals surface area (Å²) in [5.74, 6) is 0.821. The van der Waals surface area contributed by atoms with E-state index in [1.807, 2.05) is 13.0 Å². The van der Waals surface area contributed by atoms with E-state index in [4.69, 9.17) is 10.2 Å². The SMILES string of the molecule is CCC(N)Cc1ccc(CN2C(=O)c3ccccc3C2=O)o1. The van der Waals surface area contributed by atoms with Gasteiger partial charge in [-0.05, 0) is 30.7 Å². The van der Waals surface area contributed by atoms with Gasteiger partial charge in [0, 0.05) is 12.5 Å². The molecule has 0 aliphatic carbocycles. The van der Waals surface area contributed by atoms with Crippen LogP contribution in [0.3, 0.4) is 0 Å². The number of hydrogen-bond acceptors (Lipinski definition) is 4. The van der Waals surface area contributed by atoms with Crippen molar-refractivity contribution in [1.29, 1.82) is 0 Å². The lowest BCUT2D eigenvalue weighted by Crippen LogP contribution is -2.28. The molecule has 0 radical (unpaired) electrons. The monoisotopic (exact) mass is 298 g/mol. The first-order valence-corrected chi connectivity index (χ1v) is 7.38. The highest BCUT2D eigenvalue weighted by atomic mass is 16.3. The third-order valence-electron chi connectivity index (χ3n) is 3.90. The molecule has 1 aliphatic heterocycles. The van der Waals surface area contributed by atoms with Crippen LogP contribution in [0.1, 0.15) is 45.6 Å². The number of imide groups is 1. The molecule has 1 atom stereocenters. The number of carbonyl (C=O) groups excluding carboxylic acids is 2. The molecule has 2 N–H and O–H groups in total. The zero-order chi connectivity index (χ0) is 15.7. The number of nitrogens with zero attached hydrogens (tertiary/aromatic N) is 1. The molecule has 5 nitrogen and oxygen atoms in total. The highest BCUT2D eigenvalue weighted by Crippen LogP contribution is 2.24. The highest BCUT2D eigenvalue weighted by molar-refractivity contribution is 6.21. The topological polar surface area (TPSA) is 76.5 Å². The zero-order valence-corrected chi connectivity index (χ0v) is 12.4. The fourth-order valence-electron chi connectivity index (χ4n) is 2.56. The average Bonchev–Trinajstić information content (AvgIpc) is 3.06. The van der Waals surface area contributed by atoms with Gasteiger partial charge in [0.05, 0.1) is 17.7 Å². The Balaban J connectivity index is 1.75. The molecule has 2 heterocycles. The number of fused-ring (bicyclic) bond motifs is 1. The van der Waals surface area contributed by atoms with E-state index in [1.54, 1.807) is 30.3 Å². The summed E-state index contributed by atoms with van der Waals surface area (Å²) < 4.78 is 5.69. The smallest absolute Gasteiger partial charge is 0.261 e. The van der Waals surface area contributed by atoms with E-state index in [9.17, 15) is 9.59 Å². The van der Waals surface area contributed by atoms with Gasteiger partial charge in [0.1, 0.15) is 11.5 Å². The van der Waals surface area contributed by atoms with Gasteiger partial charge in [-0.25, -0.2) is 0 Å². The number of rotatable bonds is 5. The zero-order valence-electron chi connectivity index (χ0n) is 12.4. The van der Waals surface area contributed by atoms with Crippen LogP contribution in [0, 0.1) is 0 Å². The molecule has 2 aromatic rings. The fourth-order valence-corrected chi connectivity index (χ4v) is 2.56. The number of furan rings is 1. The second kappa shape index (κ2) is 5.77. The summed E-state index contributed by atoms with van der Waals surface area (Å²) in [5, 5.41) is 0. The van der Waals surface area contributed by atoms with Crippen LogP contribution in [0.25, 0.3) is 0 Å². The van der Waals surface area contributed by atoms with E-state index in [1.165, 1.54) is 4.90 Å². The Labute approximate surface area is 128 Å². The van der Waals surface area contributed by atoms with Gasteiger partial charge in [-0.2, -0.15) is 0 Å². The molecule has 1 unspecified atom stereocenters. The highest BCUT2D eigenvalue weighted by Gasteiger charge is 2.35. The van der Waals surface area contributed by atoms with Gasteiger partial charge in [-0.15, -0.1) is 0 Å². The lowest BCUT2D eigenvalue weighted by Gasteiger charge is -2.11. The molecule has 3 rings (SSSR count). The Bertz CT molecular complexity index is 685. The van der Waals surface area contributed by atoms with Crippen molar-refractivity contribution in [1.82, 2.24) is 4.90 Å². The van der Waals surface area contributed by atoms with Gasteiger partial charge in [0.15, 0.2) is 0 Å². The maximum Gasteiger partial charge on any atom is 0.261 e. The van der Waals surface area contributed by atoms with Crippen LogP contribution in [0.4, 0.5) is 0 Å². The molecule has 0 bridgehead atoms. The van der Waals surface area contributed by atoms with Crippen molar-refractivity contribution in [2.45, 2.75) is 32.4 Å². The van der Waals surface area contributed by atoms with E-state index in [-0.39, 0.29) is 24.4 Å². The molecule has 0 fully saturated rings. The predicted molar refractivity (Wildman–Crippen MR) is 81.3 cm³/mol. The van der Waals surface area contributed by atoms with Crippen LogP contribution in [-0.4, -0.2) is 22.8 Å². The summed E-state index contributed by atoms with van der Waals surface area (Å²) in [6.45, 7) is 2.17. The first-order chi connectivity index (χ1) is 10.6. The van der Waals surface area contributed by atoms with Crippen molar-refractivity contribution in [3.8, 4) is 0 Å². The first-order valence-electron chi connectivity index (χ1n) is 7.38. The Morgan fingerprint density at radius 3 is 2.23 bits per heavy atom. The standard InChI is InChI=1S/C17H18N2O3/c1-2-11(18)9-12-7-8-13(22-12)10-19-16(20)14-5-3-4-6-15(14)17(19)21/h3-8,11H,2,9-10,18H2,1H3. The number of amides is 2. The second-order valence-corrected chi connectivity index (χ2v) is 5.48. The van der Waals surface area contributed by atoms with E-state index in [0.29, 0.717) is 23.3 Å². The Morgan fingerprint density at radius 2 is 1.64 bits per heavy atom. The van der Waals surface area contributed by atoms with E-state index in [0.717, 1.165) is 12.2 Å². The van der Waals surface area contributed by atoms with Crippen molar-refractivity contribution in [2.24, 2.45) is 5.73 Å². The molecule has 0 saturated heterocycles. The number of hydrogen-bond donors (Lipinski definition) is 1. The van der Waals surface area contributed by atoms with Crippen molar-refractivity contribution < 1.29 is 14.0 Å². The maximum atomic E-state index is 12.3. The molecule has 114 valence electrons. The largest absolute Gasteiger partial charge is 0.464 e. The molecule has 1 aromatic heterocycles. The second-order valence-electron chi connectivity index (χ2n) is 5.48. The maximum absolute atomic E-state index is 12.3. The minimum Gasteiger partial charge on any atom is -0.464 e. The van der Waals surface area contributed by atoms with E-state index in [2.05, 4.69) is 0 Å². The lowest BCUT2D eigenvalue weighted by atomic mass is 10.1. The number of carbonyl (C=O) groups is 2. The Kier molecular flexibility index (Phi) is 3.81. The van der Waals surface area contributed by atoms with Crippen LogP contribution in [-0.2, 0) is 13.0 Å². The minimum atomic E-state index is -0.274. The minimum absolute atomic E-state index is 0.0540. The lowest BCUT2D eigenvalue weighted by molar-refractivity contribution is 0.0630. The molecule has 1 aliphatic rings. The summed E-state index contributed by atoms with van der Waals surface area (Å²) in [7, 11) is 0. The molecule has 22 heavy (non-hydrogen) atoms. The van der Waals surface area contributed by atoms with Crippen LogP contribution in [0.5, 0.6) is 0 Å². The normalized spacial score (nSPS) is 15.3. The van der Waals surface area contributed by atoms with Gasteiger partial charge in [-0.3, -0.25) is 14.5 Å². The molecular weight excluding hydrogens is 280 g/mol. The number of nitrogens with two attached hydrogens (primary N) is 1. The van der Waals surface area contributed by atoms with Crippen LogP contribution < -0.4 is 5.73 Å². The van der Waals surface area contributed by atoms with Crippen LogP contribution in [0.2, 0.25) is 0 Å². The molecule has 5 heteroatoms. The van der Waals surface area contributed by atoms with Gasteiger partial charge in [-0.1, -0.05) is 19.1 Å². The van der Waals surface area contributed by atoms with Gasteiger partial charge >= 0.3 is 0 Å². The van der Waals surface area contributed by atoms with Crippen LogP contribution in [0.15, 0.2) is 40.8 Å². The summed E-state index contributed by atoms with van der Waals surface area (Å²) in [4.78, 5) is 25.8. The summed E-state index contributed by atoms with van der Waals surface area (Å²) in [6.07, 6.45) is 1.52. The van der Waals surface area contributed by atoms with Crippen molar-refractivity contribution in [2.75, 3.05) is 0 Å². The van der Waals surface area contributed by atoms with Crippen molar-refractivity contribution in [3.63, 3.8) is 0 Å². The van der Waals surface area contributed by atoms with Gasteiger partial charge in [0.2, 0.25) is 0 Å². The third-order valence-corrected chi connectivity index (χ3v) is 3.90. The number of benzene rings is 1. The summed E-state index contributed by atoms with van der Waals surface area (Å²) >= 11 is 0. The quantitative estimate of drug-likeness (QED) is 0.860. The third kappa shape index (κ3) is 2.55. The summed E-state index contributed by atoms with van der Waals surface area (Å²) in [6, 6.07) is 10.5. The van der Waals surface area contributed by atoms with Crippen LogP contribution >= 0.6 is 0 Å². The van der Waals surface area contributed by atoms with Gasteiger partial charge in [0.25, 0.3) is 11.8 Å². The van der Waals surface area contributed by atoms with Crippen molar-refractivity contribution >= 4 is 11.8 Å². The Morgan fingerprint density at radius 1 is 1.05 bits per heavy atom. The molecule has 0 spiro atoms. The van der Waals surface area contributed by atoms with Crippen molar-refractivity contribution in [3.05, 3.63) is 59.0 Å². The van der Waals surface area contributed by atoms with Gasteiger partial charge < -0.3 is 10.2 Å². The fraction of sp³-hybridized carbons (Fsp3) is 0.294. The van der Waals surface area contributed by atoms with E-state index >= 15 is 0 Å². The average molecular weight is 298 g/mol.